The van der Waals surface area contributed by atoms with Crippen LogP contribution in [0.5, 0.6) is 0 Å². The third-order valence-electron chi connectivity index (χ3n) is 4.65. The molecule has 1 atom stereocenters. The van der Waals surface area contributed by atoms with Crippen LogP contribution in [-0.4, -0.2) is 54.0 Å². The van der Waals surface area contributed by atoms with E-state index in [0.717, 1.165) is 12.8 Å². The highest BCUT2D eigenvalue weighted by molar-refractivity contribution is 5.94. The van der Waals surface area contributed by atoms with Gasteiger partial charge in [-0.25, -0.2) is 9.37 Å². The lowest BCUT2D eigenvalue weighted by molar-refractivity contribution is 0.0648. The second kappa shape index (κ2) is 6.83. The normalized spacial score (nSPS) is 17.8. The van der Waals surface area contributed by atoms with E-state index >= 15 is 0 Å². The molecule has 2 N–H and O–H groups in total. The van der Waals surface area contributed by atoms with Gasteiger partial charge >= 0.3 is 0 Å². The van der Waals surface area contributed by atoms with E-state index < -0.39 is 0 Å². The predicted octanol–water partition coefficient (Wildman–Crippen LogP) is 1.34. The smallest absolute Gasteiger partial charge is 0.289 e. The summed E-state index contributed by atoms with van der Waals surface area (Å²) in [5.74, 6) is -0.0634. The molecule has 0 radical (unpaired) electrons. The molecule has 0 saturated carbocycles. The molecule has 1 aliphatic rings. The standard InChI is InChI=1S/C17H19FN6O2/c18-12-3-4-14-15(6-12)20-16(19-14)17(26)23-5-1-2-11(7-23)8-24-9-13(10-25)21-22-24/h3-4,6,9,11,25H,1-2,5,7-8,10H2,(H,19,20)/t11-/m1/s1. The highest BCUT2D eigenvalue weighted by Crippen LogP contribution is 2.21. The molecule has 1 amide bonds. The number of nitrogens with one attached hydrogen (secondary N) is 1. The monoisotopic (exact) mass is 358 g/mol. The van der Waals surface area contributed by atoms with Crippen LogP contribution in [0.3, 0.4) is 0 Å². The Morgan fingerprint density at radius 1 is 1.42 bits per heavy atom. The summed E-state index contributed by atoms with van der Waals surface area (Å²) in [6, 6.07) is 4.22. The van der Waals surface area contributed by atoms with E-state index in [9.17, 15) is 9.18 Å². The number of carbonyl (C=O) groups is 1. The summed E-state index contributed by atoms with van der Waals surface area (Å²) in [4.78, 5) is 21.7. The van der Waals surface area contributed by atoms with Crippen molar-refractivity contribution in [3.63, 3.8) is 0 Å². The number of hydrogen-bond acceptors (Lipinski definition) is 5. The summed E-state index contributed by atoms with van der Waals surface area (Å²) >= 11 is 0. The number of benzene rings is 1. The molecule has 0 spiro atoms. The maximum atomic E-state index is 13.3. The molecule has 136 valence electrons. The molecule has 1 aliphatic heterocycles. The van der Waals surface area contributed by atoms with Gasteiger partial charge in [0.25, 0.3) is 5.91 Å². The SMILES string of the molecule is O=C(c1nc2ccc(F)cc2[nH]1)N1CCC[C@@H](Cn2cc(CO)nn2)C1. The number of aliphatic hydroxyl groups excluding tert-OH is 1. The van der Waals surface area contributed by atoms with Crippen molar-refractivity contribution in [2.75, 3.05) is 13.1 Å². The fourth-order valence-electron chi connectivity index (χ4n) is 3.40. The Balaban J connectivity index is 1.46. The fraction of sp³-hybridized carbons (Fsp3) is 0.412. The number of rotatable bonds is 4. The zero-order chi connectivity index (χ0) is 18.1. The van der Waals surface area contributed by atoms with Gasteiger partial charge in [0.1, 0.15) is 11.5 Å². The van der Waals surface area contributed by atoms with E-state index in [-0.39, 0.29) is 30.1 Å². The molecule has 3 aromatic rings. The first-order valence-corrected chi connectivity index (χ1v) is 8.57. The first-order valence-electron chi connectivity index (χ1n) is 8.57. The molecule has 26 heavy (non-hydrogen) atoms. The summed E-state index contributed by atoms with van der Waals surface area (Å²) in [6.07, 6.45) is 3.60. The number of hydrogen-bond donors (Lipinski definition) is 2. The number of aromatic amines is 1. The Labute approximate surface area is 148 Å². The molecule has 8 nitrogen and oxygen atoms in total. The Kier molecular flexibility index (Phi) is 4.37. The van der Waals surface area contributed by atoms with Crippen molar-refractivity contribution in [2.24, 2.45) is 5.92 Å². The number of likely N-dealkylation sites (tertiary alicyclic amines) is 1. The van der Waals surface area contributed by atoms with Gasteiger partial charge in [0.05, 0.1) is 23.8 Å². The molecule has 9 heteroatoms. The third kappa shape index (κ3) is 3.30. The largest absolute Gasteiger partial charge is 0.390 e. The molecule has 4 rings (SSSR count). The van der Waals surface area contributed by atoms with Crippen LogP contribution in [0, 0.1) is 11.7 Å². The Morgan fingerprint density at radius 2 is 2.31 bits per heavy atom. The zero-order valence-electron chi connectivity index (χ0n) is 14.1. The molecule has 1 aromatic carbocycles. The molecule has 0 unspecified atom stereocenters. The number of H-pyrrole nitrogens is 1. The van der Waals surface area contributed by atoms with E-state index in [0.29, 0.717) is 36.4 Å². The molecular formula is C17H19FN6O2. The maximum absolute atomic E-state index is 13.3. The minimum absolute atomic E-state index is 0.137. The lowest BCUT2D eigenvalue weighted by Crippen LogP contribution is -2.41. The third-order valence-corrected chi connectivity index (χ3v) is 4.65. The summed E-state index contributed by atoms with van der Waals surface area (Å²) in [6.45, 7) is 1.77. The second-order valence-corrected chi connectivity index (χ2v) is 6.60. The van der Waals surface area contributed by atoms with Gasteiger partial charge in [0.2, 0.25) is 0 Å². The topological polar surface area (TPSA) is 99.9 Å². The minimum atomic E-state index is -0.367. The molecule has 1 fully saturated rings. The lowest BCUT2D eigenvalue weighted by Gasteiger charge is -2.32. The van der Waals surface area contributed by atoms with E-state index in [2.05, 4.69) is 20.3 Å². The number of aromatic nitrogens is 5. The Bertz CT molecular complexity index is 936. The first-order chi connectivity index (χ1) is 12.6. The number of aliphatic hydroxyl groups is 1. The molecule has 2 aromatic heterocycles. The van der Waals surface area contributed by atoms with Crippen LogP contribution in [0.2, 0.25) is 0 Å². The van der Waals surface area contributed by atoms with Crippen LogP contribution >= 0.6 is 0 Å². The molecule has 0 aliphatic carbocycles. The van der Waals surface area contributed by atoms with E-state index in [1.807, 2.05) is 0 Å². The number of fused-ring (bicyclic) bond motifs is 1. The van der Waals surface area contributed by atoms with Gasteiger partial charge in [-0.15, -0.1) is 5.10 Å². The van der Waals surface area contributed by atoms with Gasteiger partial charge in [0, 0.05) is 19.6 Å². The number of amides is 1. The van der Waals surface area contributed by atoms with Crippen molar-refractivity contribution in [3.05, 3.63) is 41.7 Å². The van der Waals surface area contributed by atoms with Gasteiger partial charge in [-0.05, 0) is 37.0 Å². The molecule has 0 bridgehead atoms. The van der Waals surface area contributed by atoms with Crippen molar-refractivity contribution in [1.29, 1.82) is 0 Å². The summed E-state index contributed by atoms with van der Waals surface area (Å²) in [5.41, 5.74) is 1.62. The predicted molar refractivity (Wildman–Crippen MR) is 90.6 cm³/mol. The minimum Gasteiger partial charge on any atom is -0.390 e. The molecule has 3 heterocycles. The number of halogens is 1. The van der Waals surface area contributed by atoms with Crippen LogP contribution in [0.4, 0.5) is 4.39 Å². The van der Waals surface area contributed by atoms with Crippen molar-refractivity contribution in [1.82, 2.24) is 29.9 Å². The van der Waals surface area contributed by atoms with Gasteiger partial charge < -0.3 is 15.0 Å². The first kappa shape index (κ1) is 16.6. The van der Waals surface area contributed by atoms with E-state index in [1.54, 1.807) is 21.8 Å². The summed E-state index contributed by atoms with van der Waals surface area (Å²) in [5, 5.41) is 16.9. The van der Waals surface area contributed by atoms with Crippen molar-refractivity contribution in [3.8, 4) is 0 Å². The van der Waals surface area contributed by atoms with Crippen molar-refractivity contribution < 1.29 is 14.3 Å². The Morgan fingerprint density at radius 3 is 3.12 bits per heavy atom. The lowest BCUT2D eigenvalue weighted by atomic mass is 9.98. The number of nitrogens with zero attached hydrogens (tertiary/aromatic N) is 5. The highest BCUT2D eigenvalue weighted by atomic mass is 19.1. The van der Waals surface area contributed by atoms with Gasteiger partial charge in [-0.3, -0.25) is 9.48 Å². The summed E-state index contributed by atoms with van der Waals surface area (Å²) in [7, 11) is 0. The number of carbonyl (C=O) groups excluding carboxylic acids is 1. The van der Waals surface area contributed by atoms with Crippen LogP contribution in [0.1, 0.15) is 29.2 Å². The number of imidazole rings is 1. The van der Waals surface area contributed by atoms with Crippen LogP contribution < -0.4 is 0 Å². The zero-order valence-corrected chi connectivity index (χ0v) is 14.1. The number of piperidine rings is 1. The highest BCUT2D eigenvalue weighted by Gasteiger charge is 2.27. The average molecular weight is 358 g/mol. The van der Waals surface area contributed by atoms with Crippen LogP contribution in [0.25, 0.3) is 11.0 Å². The molecule has 1 saturated heterocycles. The van der Waals surface area contributed by atoms with Gasteiger partial charge in [-0.2, -0.15) is 0 Å². The van der Waals surface area contributed by atoms with Crippen molar-refractivity contribution in [2.45, 2.75) is 26.0 Å². The van der Waals surface area contributed by atoms with Crippen LogP contribution in [-0.2, 0) is 13.2 Å². The fourth-order valence-corrected chi connectivity index (χ4v) is 3.40. The summed E-state index contributed by atoms with van der Waals surface area (Å²) < 4.78 is 15.0. The van der Waals surface area contributed by atoms with E-state index in [1.165, 1.54) is 12.1 Å². The maximum Gasteiger partial charge on any atom is 0.289 e. The van der Waals surface area contributed by atoms with Crippen molar-refractivity contribution >= 4 is 16.9 Å². The van der Waals surface area contributed by atoms with Gasteiger partial charge in [-0.1, -0.05) is 5.21 Å². The van der Waals surface area contributed by atoms with Gasteiger partial charge in [0.15, 0.2) is 5.82 Å². The Hall–Kier alpha value is -2.81. The van der Waals surface area contributed by atoms with E-state index in [4.69, 9.17) is 5.11 Å². The average Bonchev–Trinajstić information content (AvgIpc) is 3.27. The quantitative estimate of drug-likeness (QED) is 0.733. The molecular weight excluding hydrogens is 339 g/mol. The van der Waals surface area contributed by atoms with Crippen LogP contribution in [0.15, 0.2) is 24.4 Å². The second-order valence-electron chi connectivity index (χ2n) is 6.60.